The number of benzene rings is 2. The van der Waals surface area contributed by atoms with Crippen LogP contribution in [0.3, 0.4) is 0 Å². The molecule has 1 aliphatic carbocycles. The highest BCUT2D eigenvalue weighted by molar-refractivity contribution is 6.30. The lowest BCUT2D eigenvalue weighted by Gasteiger charge is -2.25. The van der Waals surface area contributed by atoms with Gasteiger partial charge in [-0.05, 0) is 61.4 Å². The molecule has 0 spiro atoms. The number of hydrogen-bond acceptors (Lipinski definition) is 4. The van der Waals surface area contributed by atoms with Gasteiger partial charge in [-0.1, -0.05) is 23.2 Å². The van der Waals surface area contributed by atoms with Crippen molar-refractivity contribution in [3.63, 3.8) is 0 Å². The minimum atomic E-state index is -0.267. The van der Waals surface area contributed by atoms with Crippen LogP contribution >= 0.6 is 23.2 Å². The van der Waals surface area contributed by atoms with Gasteiger partial charge in [-0.15, -0.1) is 0 Å². The van der Waals surface area contributed by atoms with Crippen molar-refractivity contribution in [2.75, 3.05) is 31.3 Å². The first-order chi connectivity index (χ1) is 14.9. The summed E-state index contributed by atoms with van der Waals surface area (Å²) in [6, 6.07) is 13.6. The molecule has 1 saturated heterocycles. The normalized spacial score (nSPS) is 15.9. The number of carbonyl (C=O) groups is 3. The van der Waals surface area contributed by atoms with Gasteiger partial charge in [0, 0.05) is 21.8 Å². The van der Waals surface area contributed by atoms with Crippen molar-refractivity contribution in [1.29, 1.82) is 0 Å². The van der Waals surface area contributed by atoms with E-state index in [0.29, 0.717) is 21.5 Å². The molecule has 0 atom stereocenters. The van der Waals surface area contributed by atoms with Crippen LogP contribution in [0.5, 0.6) is 5.75 Å². The second kappa shape index (κ2) is 9.16. The topological polar surface area (TPSA) is 70.2 Å². The smallest absolute Gasteiger partial charge is 0.261 e. The van der Waals surface area contributed by atoms with E-state index in [2.05, 4.69) is 0 Å². The van der Waals surface area contributed by atoms with E-state index in [-0.39, 0.29) is 50.1 Å². The summed E-state index contributed by atoms with van der Waals surface area (Å²) in [7, 11) is 0. The van der Waals surface area contributed by atoms with Gasteiger partial charge in [-0.3, -0.25) is 19.3 Å². The first-order valence-corrected chi connectivity index (χ1v) is 10.7. The van der Waals surface area contributed by atoms with Gasteiger partial charge in [0.15, 0.2) is 6.61 Å². The fraction of sp³-hybridized carbons (Fsp3) is 0.318. The van der Waals surface area contributed by atoms with Gasteiger partial charge in [-0.2, -0.15) is 0 Å². The molecule has 9 heteroatoms. The predicted octanol–water partition coefficient (Wildman–Crippen LogP) is 3.20. The van der Waals surface area contributed by atoms with Crippen LogP contribution in [0.1, 0.15) is 12.8 Å². The van der Waals surface area contributed by atoms with Crippen molar-refractivity contribution in [3.05, 3.63) is 58.6 Å². The molecule has 2 aliphatic rings. The summed E-state index contributed by atoms with van der Waals surface area (Å²) >= 11 is 11.8. The molecule has 1 heterocycles. The van der Waals surface area contributed by atoms with Crippen LogP contribution in [-0.2, 0) is 14.4 Å². The van der Waals surface area contributed by atoms with E-state index in [1.807, 2.05) is 0 Å². The molecular weight excluding hydrogens is 441 g/mol. The average Bonchev–Trinajstić information content (AvgIpc) is 3.53. The highest BCUT2D eigenvalue weighted by Gasteiger charge is 2.37. The number of rotatable bonds is 7. The van der Waals surface area contributed by atoms with Crippen molar-refractivity contribution in [3.8, 4) is 5.75 Å². The van der Waals surface area contributed by atoms with Crippen molar-refractivity contribution in [2.45, 2.75) is 18.9 Å². The molecule has 0 N–H and O–H groups in total. The molecule has 2 fully saturated rings. The molecule has 3 amide bonds. The van der Waals surface area contributed by atoms with E-state index in [4.69, 9.17) is 27.9 Å². The Morgan fingerprint density at radius 2 is 1.61 bits per heavy atom. The summed E-state index contributed by atoms with van der Waals surface area (Å²) in [4.78, 5) is 42.5. The Labute approximate surface area is 190 Å². The van der Waals surface area contributed by atoms with Crippen molar-refractivity contribution < 1.29 is 19.1 Å². The highest BCUT2D eigenvalue weighted by Crippen LogP contribution is 2.28. The maximum atomic E-state index is 12.9. The zero-order valence-electron chi connectivity index (χ0n) is 16.7. The summed E-state index contributed by atoms with van der Waals surface area (Å²) in [5.74, 6) is -0.169. The first kappa shape index (κ1) is 21.5. The van der Waals surface area contributed by atoms with Gasteiger partial charge < -0.3 is 14.5 Å². The zero-order valence-corrected chi connectivity index (χ0v) is 18.2. The third-order valence-electron chi connectivity index (χ3n) is 5.22. The molecule has 0 aromatic heterocycles. The third-order valence-corrected chi connectivity index (χ3v) is 5.72. The number of ether oxygens (including phenoxy) is 1. The summed E-state index contributed by atoms with van der Waals surface area (Å²) in [6.07, 6.45) is 1.71. The Balaban J connectivity index is 1.35. The lowest BCUT2D eigenvalue weighted by Crippen LogP contribution is -2.45. The first-order valence-electron chi connectivity index (χ1n) is 9.92. The standard InChI is InChI=1S/C22H21Cl2N3O4/c23-15-1-5-18(6-2-15)27-14-25(11-21(27)29)20(28)12-26(17-7-8-17)22(30)13-31-19-9-3-16(24)4-10-19/h1-6,9-10,17H,7-8,11-14H2. The Kier molecular flexibility index (Phi) is 6.34. The van der Waals surface area contributed by atoms with E-state index < -0.39 is 0 Å². The molecule has 162 valence electrons. The average molecular weight is 462 g/mol. The Hall–Kier alpha value is -2.77. The van der Waals surface area contributed by atoms with Crippen LogP contribution in [0.2, 0.25) is 10.0 Å². The van der Waals surface area contributed by atoms with E-state index in [9.17, 15) is 14.4 Å². The second-order valence-corrected chi connectivity index (χ2v) is 8.40. The maximum Gasteiger partial charge on any atom is 0.261 e. The van der Waals surface area contributed by atoms with Crippen molar-refractivity contribution in [2.24, 2.45) is 0 Å². The molecule has 2 aromatic rings. The van der Waals surface area contributed by atoms with Gasteiger partial charge in [0.05, 0.1) is 0 Å². The van der Waals surface area contributed by atoms with Crippen LogP contribution in [0, 0.1) is 0 Å². The molecular formula is C22H21Cl2N3O4. The minimum Gasteiger partial charge on any atom is -0.484 e. The van der Waals surface area contributed by atoms with E-state index >= 15 is 0 Å². The Morgan fingerprint density at radius 3 is 2.23 bits per heavy atom. The second-order valence-electron chi connectivity index (χ2n) is 7.53. The minimum absolute atomic E-state index is 0.0184. The van der Waals surface area contributed by atoms with Crippen LogP contribution in [0.4, 0.5) is 5.69 Å². The predicted molar refractivity (Wildman–Crippen MR) is 117 cm³/mol. The van der Waals surface area contributed by atoms with Crippen molar-refractivity contribution in [1.82, 2.24) is 9.80 Å². The Bertz CT molecular complexity index is 977. The van der Waals surface area contributed by atoms with Crippen LogP contribution in [0.15, 0.2) is 48.5 Å². The fourth-order valence-electron chi connectivity index (χ4n) is 3.37. The van der Waals surface area contributed by atoms with Gasteiger partial charge >= 0.3 is 0 Å². The zero-order chi connectivity index (χ0) is 22.0. The third kappa shape index (κ3) is 5.29. The van der Waals surface area contributed by atoms with Gasteiger partial charge in [0.25, 0.3) is 5.91 Å². The molecule has 31 heavy (non-hydrogen) atoms. The number of halogens is 2. The Morgan fingerprint density at radius 1 is 1.00 bits per heavy atom. The SMILES string of the molecule is O=C(CN(C(=O)COc1ccc(Cl)cc1)C1CC1)N1CC(=O)N(c2ccc(Cl)cc2)C1. The van der Waals surface area contributed by atoms with E-state index in [1.165, 1.54) is 9.80 Å². The number of amides is 3. The number of carbonyl (C=O) groups excluding carboxylic acids is 3. The monoisotopic (exact) mass is 461 g/mol. The van der Waals surface area contributed by atoms with E-state index in [0.717, 1.165) is 12.8 Å². The highest BCUT2D eigenvalue weighted by atomic mass is 35.5. The van der Waals surface area contributed by atoms with Gasteiger partial charge in [-0.25, -0.2) is 0 Å². The van der Waals surface area contributed by atoms with Gasteiger partial charge in [0.1, 0.15) is 25.5 Å². The molecule has 0 bridgehead atoms. The van der Waals surface area contributed by atoms with Gasteiger partial charge in [0.2, 0.25) is 11.8 Å². The molecule has 1 saturated carbocycles. The summed E-state index contributed by atoms with van der Waals surface area (Å²) in [5, 5.41) is 1.15. The number of anilines is 1. The summed E-state index contributed by atoms with van der Waals surface area (Å²) in [6.45, 7) is -0.112. The quantitative estimate of drug-likeness (QED) is 0.634. The molecule has 0 unspecified atom stereocenters. The van der Waals surface area contributed by atoms with E-state index in [1.54, 1.807) is 53.4 Å². The molecule has 2 aromatic carbocycles. The van der Waals surface area contributed by atoms with Crippen LogP contribution in [-0.4, -0.2) is 59.9 Å². The van der Waals surface area contributed by atoms with Crippen LogP contribution < -0.4 is 9.64 Å². The lowest BCUT2D eigenvalue weighted by atomic mass is 10.3. The number of hydrogen-bond donors (Lipinski definition) is 0. The molecule has 1 aliphatic heterocycles. The van der Waals surface area contributed by atoms with Crippen LogP contribution in [0.25, 0.3) is 0 Å². The molecule has 0 radical (unpaired) electrons. The number of nitrogens with zero attached hydrogens (tertiary/aromatic N) is 3. The van der Waals surface area contributed by atoms with Crippen molar-refractivity contribution >= 4 is 46.6 Å². The summed E-state index contributed by atoms with van der Waals surface area (Å²) < 4.78 is 5.54. The molecule has 7 nitrogen and oxygen atoms in total. The largest absolute Gasteiger partial charge is 0.484 e. The maximum absolute atomic E-state index is 12.9. The lowest BCUT2D eigenvalue weighted by molar-refractivity contribution is -0.142. The summed E-state index contributed by atoms with van der Waals surface area (Å²) in [5.41, 5.74) is 0.677. The molecule has 4 rings (SSSR count). The fourth-order valence-corrected chi connectivity index (χ4v) is 3.63.